The molecule has 1 fully saturated rings. The molecule has 1 N–H and O–H groups in total. The first-order chi connectivity index (χ1) is 13.5. The predicted molar refractivity (Wildman–Crippen MR) is 107 cm³/mol. The Hall–Kier alpha value is -2.73. The smallest absolute Gasteiger partial charge is 0.255 e. The molecule has 0 saturated carbocycles. The van der Waals surface area contributed by atoms with E-state index in [0.717, 1.165) is 0 Å². The minimum Gasteiger partial charge on any atom is -0.497 e. The first-order valence-corrected chi connectivity index (χ1v) is 9.47. The van der Waals surface area contributed by atoms with Gasteiger partial charge in [-0.3, -0.25) is 9.59 Å². The zero-order valence-corrected chi connectivity index (χ0v) is 16.7. The summed E-state index contributed by atoms with van der Waals surface area (Å²) in [5.74, 6) is 0.883. The Labute approximate surface area is 169 Å². The van der Waals surface area contributed by atoms with Crippen molar-refractivity contribution in [3.8, 4) is 11.5 Å². The van der Waals surface area contributed by atoms with E-state index in [1.165, 1.54) is 7.11 Å². The van der Waals surface area contributed by atoms with Crippen LogP contribution in [0.1, 0.15) is 33.6 Å². The number of methoxy groups -OCH3 is 2. The molecule has 28 heavy (non-hydrogen) atoms. The fourth-order valence-electron chi connectivity index (χ4n) is 3.29. The lowest BCUT2D eigenvalue weighted by molar-refractivity contribution is 0.0697. The number of piperidine rings is 1. The van der Waals surface area contributed by atoms with Crippen LogP contribution >= 0.6 is 11.6 Å². The number of rotatable bonds is 5. The van der Waals surface area contributed by atoms with Crippen LogP contribution in [0.15, 0.2) is 42.5 Å². The van der Waals surface area contributed by atoms with Crippen molar-refractivity contribution in [3.05, 3.63) is 58.6 Å². The molecule has 0 aliphatic carbocycles. The first-order valence-electron chi connectivity index (χ1n) is 9.09. The first kappa shape index (κ1) is 20.0. The molecule has 2 aromatic carbocycles. The van der Waals surface area contributed by atoms with Crippen LogP contribution in [0.4, 0.5) is 0 Å². The Bertz CT molecular complexity index is 863. The molecule has 3 rings (SSSR count). The summed E-state index contributed by atoms with van der Waals surface area (Å²) in [7, 11) is 3.09. The molecular weight excluding hydrogens is 380 g/mol. The van der Waals surface area contributed by atoms with Gasteiger partial charge in [-0.25, -0.2) is 0 Å². The number of nitrogens with one attached hydrogen (secondary N) is 1. The van der Waals surface area contributed by atoms with E-state index in [-0.39, 0.29) is 17.9 Å². The summed E-state index contributed by atoms with van der Waals surface area (Å²) in [6, 6.07) is 12.1. The number of hydrogen-bond donors (Lipinski definition) is 1. The van der Waals surface area contributed by atoms with E-state index in [2.05, 4.69) is 5.32 Å². The van der Waals surface area contributed by atoms with Gasteiger partial charge in [0, 0.05) is 29.7 Å². The summed E-state index contributed by atoms with van der Waals surface area (Å²) in [6.45, 7) is 1.15. The molecule has 1 heterocycles. The zero-order valence-electron chi connectivity index (χ0n) is 15.9. The average molecular weight is 403 g/mol. The fraction of sp³-hybridized carbons (Fsp3) is 0.333. The second-order valence-corrected chi connectivity index (χ2v) is 7.05. The standard InChI is InChI=1S/C21H23ClN2O4/c1-27-17-5-3-4-14(12-17)21(26)24-10-8-16(9-11-24)23-20(25)18-13-15(22)6-7-19(18)28-2/h3-7,12-13,16H,8-11H2,1-2H3,(H,23,25). The third-order valence-corrected chi connectivity index (χ3v) is 5.08. The van der Waals surface area contributed by atoms with Crippen molar-refractivity contribution in [2.24, 2.45) is 0 Å². The Kier molecular flexibility index (Phi) is 6.41. The van der Waals surface area contributed by atoms with Gasteiger partial charge >= 0.3 is 0 Å². The van der Waals surface area contributed by atoms with Crippen molar-refractivity contribution in [1.82, 2.24) is 10.2 Å². The molecule has 2 amide bonds. The zero-order chi connectivity index (χ0) is 20.1. The average Bonchev–Trinajstić information content (AvgIpc) is 2.73. The van der Waals surface area contributed by atoms with Gasteiger partial charge in [0.05, 0.1) is 19.8 Å². The van der Waals surface area contributed by atoms with Crippen molar-refractivity contribution in [2.45, 2.75) is 18.9 Å². The van der Waals surface area contributed by atoms with Crippen LogP contribution in [0.25, 0.3) is 0 Å². The summed E-state index contributed by atoms with van der Waals surface area (Å²) in [5, 5.41) is 3.50. The van der Waals surface area contributed by atoms with Gasteiger partial charge in [0.25, 0.3) is 11.8 Å². The molecule has 0 radical (unpaired) electrons. The molecule has 2 aromatic rings. The monoisotopic (exact) mass is 402 g/mol. The molecule has 7 heteroatoms. The second-order valence-electron chi connectivity index (χ2n) is 6.62. The van der Waals surface area contributed by atoms with Crippen molar-refractivity contribution < 1.29 is 19.1 Å². The number of hydrogen-bond acceptors (Lipinski definition) is 4. The molecule has 0 atom stereocenters. The lowest BCUT2D eigenvalue weighted by Crippen LogP contribution is -2.46. The van der Waals surface area contributed by atoms with Crippen molar-refractivity contribution in [1.29, 1.82) is 0 Å². The van der Waals surface area contributed by atoms with Gasteiger partial charge < -0.3 is 19.7 Å². The Morgan fingerprint density at radius 3 is 2.50 bits per heavy atom. The van der Waals surface area contributed by atoms with E-state index in [0.29, 0.717) is 53.6 Å². The Morgan fingerprint density at radius 1 is 1.07 bits per heavy atom. The summed E-state index contributed by atoms with van der Waals surface area (Å²) < 4.78 is 10.4. The van der Waals surface area contributed by atoms with E-state index in [9.17, 15) is 9.59 Å². The second kappa shape index (κ2) is 8.97. The van der Waals surface area contributed by atoms with Gasteiger partial charge in [-0.05, 0) is 49.2 Å². The van der Waals surface area contributed by atoms with Gasteiger partial charge in [-0.15, -0.1) is 0 Å². The Balaban J connectivity index is 1.59. The molecule has 6 nitrogen and oxygen atoms in total. The minimum absolute atomic E-state index is 0.00875. The molecule has 1 aliphatic rings. The van der Waals surface area contributed by atoms with Crippen molar-refractivity contribution in [2.75, 3.05) is 27.3 Å². The van der Waals surface area contributed by atoms with E-state index in [1.807, 2.05) is 6.07 Å². The van der Waals surface area contributed by atoms with Crippen LogP contribution < -0.4 is 14.8 Å². The quantitative estimate of drug-likeness (QED) is 0.832. The number of carbonyl (C=O) groups is 2. The number of benzene rings is 2. The third kappa shape index (κ3) is 4.57. The number of nitrogens with zero attached hydrogens (tertiary/aromatic N) is 1. The summed E-state index contributed by atoms with van der Waals surface area (Å²) >= 11 is 6.01. The van der Waals surface area contributed by atoms with Crippen LogP contribution in [0, 0.1) is 0 Å². The maximum Gasteiger partial charge on any atom is 0.255 e. The largest absolute Gasteiger partial charge is 0.497 e. The molecular formula is C21H23ClN2O4. The normalized spacial score (nSPS) is 14.5. The molecule has 148 valence electrons. The van der Waals surface area contributed by atoms with Crippen LogP contribution in [0.3, 0.4) is 0 Å². The summed E-state index contributed by atoms with van der Waals surface area (Å²) in [5.41, 5.74) is 1.01. The molecule has 0 bridgehead atoms. The van der Waals surface area contributed by atoms with Crippen molar-refractivity contribution in [3.63, 3.8) is 0 Å². The Morgan fingerprint density at radius 2 is 1.82 bits per heavy atom. The molecule has 0 unspecified atom stereocenters. The molecule has 1 aliphatic heterocycles. The van der Waals surface area contributed by atoms with Crippen LogP contribution in [-0.2, 0) is 0 Å². The highest BCUT2D eigenvalue weighted by atomic mass is 35.5. The van der Waals surface area contributed by atoms with E-state index in [4.69, 9.17) is 21.1 Å². The fourth-order valence-corrected chi connectivity index (χ4v) is 3.46. The molecule has 0 spiro atoms. The molecule has 0 aromatic heterocycles. The van der Waals surface area contributed by atoms with Gasteiger partial charge in [0.2, 0.25) is 0 Å². The highest BCUT2D eigenvalue weighted by molar-refractivity contribution is 6.31. The summed E-state index contributed by atoms with van der Waals surface area (Å²) in [4.78, 5) is 27.1. The van der Waals surface area contributed by atoms with Gasteiger partial charge in [-0.2, -0.15) is 0 Å². The minimum atomic E-state index is -0.225. The van der Waals surface area contributed by atoms with Gasteiger partial charge in [-0.1, -0.05) is 17.7 Å². The molecule has 1 saturated heterocycles. The van der Waals surface area contributed by atoms with Gasteiger partial charge in [0.1, 0.15) is 11.5 Å². The van der Waals surface area contributed by atoms with E-state index < -0.39 is 0 Å². The van der Waals surface area contributed by atoms with Crippen LogP contribution in [-0.4, -0.2) is 50.1 Å². The number of ether oxygens (including phenoxy) is 2. The van der Waals surface area contributed by atoms with E-state index >= 15 is 0 Å². The number of halogens is 1. The number of likely N-dealkylation sites (tertiary alicyclic amines) is 1. The lowest BCUT2D eigenvalue weighted by Gasteiger charge is -2.32. The highest BCUT2D eigenvalue weighted by Crippen LogP contribution is 2.23. The van der Waals surface area contributed by atoms with Crippen molar-refractivity contribution >= 4 is 23.4 Å². The van der Waals surface area contributed by atoms with E-state index in [1.54, 1.807) is 48.4 Å². The summed E-state index contributed by atoms with van der Waals surface area (Å²) in [6.07, 6.45) is 1.37. The van der Waals surface area contributed by atoms with Crippen LogP contribution in [0.5, 0.6) is 11.5 Å². The maximum absolute atomic E-state index is 12.7. The van der Waals surface area contributed by atoms with Gasteiger partial charge in [0.15, 0.2) is 0 Å². The number of carbonyl (C=O) groups excluding carboxylic acids is 2. The topological polar surface area (TPSA) is 67.9 Å². The highest BCUT2D eigenvalue weighted by Gasteiger charge is 2.26. The predicted octanol–water partition coefficient (Wildman–Crippen LogP) is 3.39. The maximum atomic E-state index is 12.7. The SMILES string of the molecule is COc1cccc(C(=O)N2CCC(NC(=O)c3cc(Cl)ccc3OC)CC2)c1. The lowest BCUT2D eigenvalue weighted by atomic mass is 10.0. The third-order valence-electron chi connectivity index (χ3n) is 4.84. The van der Waals surface area contributed by atoms with Crippen LogP contribution in [0.2, 0.25) is 5.02 Å². The number of amides is 2.